The summed E-state index contributed by atoms with van der Waals surface area (Å²) in [5, 5.41) is 4.15. The van der Waals surface area contributed by atoms with Crippen molar-refractivity contribution in [2.24, 2.45) is 0 Å². The highest BCUT2D eigenvalue weighted by Gasteiger charge is 2.19. The molecule has 3 aromatic rings. The van der Waals surface area contributed by atoms with Crippen LogP contribution in [-0.4, -0.2) is 17.0 Å². The maximum atomic E-state index is 12.3. The molecule has 0 aliphatic heterocycles. The highest BCUT2D eigenvalue weighted by Crippen LogP contribution is 2.34. The molecule has 0 aliphatic carbocycles. The molecule has 1 atom stereocenters. The normalized spacial score (nSPS) is 12.2. The molecule has 0 aliphatic rings. The molecule has 3 rings (SSSR count). The Morgan fingerprint density at radius 2 is 1.88 bits per heavy atom. The summed E-state index contributed by atoms with van der Waals surface area (Å²) in [6.07, 6.45) is -0.785. The molecule has 1 amide bonds. The molecule has 0 spiro atoms. The fourth-order valence-electron chi connectivity index (χ4n) is 1.97. The number of rotatable bonds is 4. The standard InChI is InChI=1S/C16H11Cl3N2O2S/c1-8(23-13-7-10(18)9(17)6-11(13)19)15(22)21-16-20-12-4-2-3-5-14(12)24-16/h2-8H,1H3,(H,20,21,22). The van der Waals surface area contributed by atoms with Gasteiger partial charge in [-0.2, -0.15) is 0 Å². The summed E-state index contributed by atoms with van der Waals surface area (Å²) in [6, 6.07) is 10.6. The predicted molar refractivity (Wildman–Crippen MR) is 99.8 cm³/mol. The van der Waals surface area contributed by atoms with Crippen LogP contribution < -0.4 is 10.1 Å². The van der Waals surface area contributed by atoms with Crippen molar-refractivity contribution in [2.75, 3.05) is 5.32 Å². The summed E-state index contributed by atoms with van der Waals surface area (Å²) < 4.78 is 6.57. The number of thiazole rings is 1. The topological polar surface area (TPSA) is 51.2 Å². The van der Waals surface area contributed by atoms with Crippen molar-refractivity contribution in [3.05, 3.63) is 51.5 Å². The van der Waals surface area contributed by atoms with E-state index in [2.05, 4.69) is 10.3 Å². The van der Waals surface area contributed by atoms with E-state index in [4.69, 9.17) is 39.5 Å². The number of nitrogens with zero attached hydrogens (tertiary/aromatic N) is 1. The molecular formula is C16H11Cl3N2O2S. The number of para-hydroxylation sites is 1. The number of fused-ring (bicyclic) bond motifs is 1. The number of ether oxygens (including phenoxy) is 1. The Bertz CT molecular complexity index is 880. The number of carbonyl (C=O) groups excluding carboxylic acids is 1. The van der Waals surface area contributed by atoms with Crippen LogP contribution in [0.25, 0.3) is 10.2 Å². The number of benzene rings is 2. The van der Waals surface area contributed by atoms with Gasteiger partial charge in [-0.3, -0.25) is 10.1 Å². The second-order valence-electron chi connectivity index (χ2n) is 4.93. The van der Waals surface area contributed by atoms with E-state index in [0.29, 0.717) is 15.2 Å². The molecule has 124 valence electrons. The Labute approximate surface area is 157 Å². The van der Waals surface area contributed by atoms with E-state index in [9.17, 15) is 4.79 Å². The van der Waals surface area contributed by atoms with E-state index in [1.165, 1.54) is 23.5 Å². The summed E-state index contributed by atoms with van der Waals surface area (Å²) in [5.74, 6) is -0.0470. The summed E-state index contributed by atoms with van der Waals surface area (Å²) in [6.45, 7) is 1.61. The lowest BCUT2D eigenvalue weighted by Gasteiger charge is -2.15. The smallest absolute Gasteiger partial charge is 0.266 e. The van der Waals surface area contributed by atoms with Crippen molar-refractivity contribution in [3.8, 4) is 5.75 Å². The van der Waals surface area contributed by atoms with Gasteiger partial charge in [0.2, 0.25) is 0 Å². The molecule has 0 saturated heterocycles. The zero-order chi connectivity index (χ0) is 17.3. The van der Waals surface area contributed by atoms with E-state index >= 15 is 0 Å². The van der Waals surface area contributed by atoms with E-state index < -0.39 is 6.10 Å². The lowest BCUT2D eigenvalue weighted by molar-refractivity contribution is -0.122. The highest BCUT2D eigenvalue weighted by molar-refractivity contribution is 7.22. The Kier molecular flexibility index (Phi) is 5.15. The van der Waals surface area contributed by atoms with Gasteiger partial charge in [0, 0.05) is 6.07 Å². The molecule has 0 radical (unpaired) electrons. The molecule has 0 saturated carbocycles. The van der Waals surface area contributed by atoms with Crippen molar-refractivity contribution in [3.63, 3.8) is 0 Å². The molecule has 4 nitrogen and oxygen atoms in total. The van der Waals surface area contributed by atoms with Crippen LogP contribution >= 0.6 is 46.1 Å². The lowest BCUT2D eigenvalue weighted by Crippen LogP contribution is -2.30. The van der Waals surface area contributed by atoms with Crippen LogP contribution in [0.3, 0.4) is 0 Å². The second-order valence-corrected chi connectivity index (χ2v) is 7.19. The van der Waals surface area contributed by atoms with Gasteiger partial charge in [0.25, 0.3) is 5.91 Å². The Morgan fingerprint density at radius 3 is 2.62 bits per heavy atom. The van der Waals surface area contributed by atoms with Gasteiger partial charge in [-0.25, -0.2) is 4.98 Å². The number of hydrogen-bond donors (Lipinski definition) is 1. The van der Waals surface area contributed by atoms with Crippen LogP contribution in [0, 0.1) is 0 Å². The quantitative estimate of drug-likeness (QED) is 0.574. The average molecular weight is 402 g/mol. The van der Waals surface area contributed by atoms with E-state index in [1.54, 1.807) is 6.92 Å². The van der Waals surface area contributed by atoms with Gasteiger partial charge in [-0.15, -0.1) is 0 Å². The monoisotopic (exact) mass is 400 g/mol. The summed E-state index contributed by atoms with van der Waals surface area (Å²) in [5.41, 5.74) is 0.832. The lowest BCUT2D eigenvalue weighted by atomic mass is 10.3. The molecule has 8 heteroatoms. The fourth-order valence-corrected chi connectivity index (χ4v) is 3.42. The zero-order valence-electron chi connectivity index (χ0n) is 12.3. The maximum absolute atomic E-state index is 12.3. The number of amides is 1. The number of nitrogens with one attached hydrogen (secondary N) is 1. The minimum Gasteiger partial charge on any atom is -0.479 e. The number of halogens is 3. The van der Waals surface area contributed by atoms with Gasteiger partial charge < -0.3 is 4.74 Å². The van der Waals surface area contributed by atoms with Gasteiger partial charge >= 0.3 is 0 Å². The van der Waals surface area contributed by atoms with Crippen molar-refractivity contribution < 1.29 is 9.53 Å². The van der Waals surface area contributed by atoms with Crippen LogP contribution in [-0.2, 0) is 4.79 Å². The fraction of sp³-hybridized carbons (Fsp3) is 0.125. The van der Waals surface area contributed by atoms with E-state index in [0.717, 1.165) is 10.2 Å². The molecule has 24 heavy (non-hydrogen) atoms. The summed E-state index contributed by atoms with van der Waals surface area (Å²) in [4.78, 5) is 16.6. The van der Waals surface area contributed by atoms with Crippen molar-refractivity contribution in [1.29, 1.82) is 0 Å². The number of anilines is 1. The Hall–Kier alpha value is -1.53. The Balaban J connectivity index is 1.71. The van der Waals surface area contributed by atoms with Gasteiger partial charge in [-0.1, -0.05) is 58.3 Å². The summed E-state index contributed by atoms with van der Waals surface area (Å²) in [7, 11) is 0. The second kappa shape index (κ2) is 7.15. The minimum absolute atomic E-state index is 0.282. The third-order valence-corrected chi connectivity index (χ3v) is 5.14. The third-order valence-electron chi connectivity index (χ3n) is 3.17. The van der Waals surface area contributed by atoms with E-state index in [1.807, 2.05) is 24.3 Å². The Morgan fingerprint density at radius 1 is 1.17 bits per heavy atom. The van der Waals surface area contributed by atoms with Crippen molar-refractivity contribution in [2.45, 2.75) is 13.0 Å². The first-order chi connectivity index (χ1) is 11.4. The van der Waals surface area contributed by atoms with E-state index in [-0.39, 0.29) is 16.7 Å². The molecule has 2 aromatic carbocycles. The molecule has 0 bridgehead atoms. The minimum atomic E-state index is -0.785. The van der Waals surface area contributed by atoms with Gasteiger partial charge in [0.05, 0.1) is 25.3 Å². The zero-order valence-corrected chi connectivity index (χ0v) is 15.4. The average Bonchev–Trinajstić information content (AvgIpc) is 2.94. The highest BCUT2D eigenvalue weighted by atomic mass is 35.5. The summed E-state index contributed by atoms with van der Waals surface area (Å²) >= 11 is 19.3. The first-order valence-corrected chi connectivity index (χ1v) is 8.86. The molecule has 1 aromatic heterocycles. The molecule has 0 fully saturated rings. The third kappa shape index (κ3) is 3.75. The number of aromatic nitrogens is 1. The molecular weight excluding hydrogens is 391 g/mol. The van der Waals surface area contributed by atoms with Crippen LogP contribution in [0.15, 0.2) is 36.4 Å². The SMILES string of the molecule is CC(Oc1cc(Cl)c(Cl)cc1Cl)C(=O)Nc1nc2ccccc2s1. The van der Waals surface area contributed by atoms with Gasteiger partial charge in [-0.05, 0) is 25.1 Å². The molecule has 1 N–H and O–H groups in total. The molecule has 1 heterocycles. The number of hydrogen-bond acceptors (Lipinski definition) is 4. The van der Waals surface area contributed by atoms with Crippen LogP contribution in [0.1, 0.15) is 6.92 Å². The first kappa shape index (κ1) is 17.3. The van der Waals surface area contributed by atoms with Crippen LogP contribution in [0.5, 0.6) is 5.75 Å². The largest absolute Gasteiger partial charge is 0.479 e. The first-order valence-electron chi connectivity index (χ1n) is 6.91. The van der Waals surface area contributed by atoms with Crippen molar-refractivity contribution in [1.82, 2.24) is 4.98 Å². The molecule has 1 unspecified atom stereocenters. The van der Waals surface area contributed by atoms with Crippen molar-refractivity contribution >= 4 is 67.4 Å². The maximum Gasteiger partial charge on any atom is 0.266 e. The predicted octanol–water partition coefficient (Wildman–Crippen LogP) is 5.66. The van der Waals surface area contributed by atoms with Crippen LogP contribution in [0.2, 0.25) is 15.1 Å². The van der Waals surface area contributed by atoms with Gasteiger partial charge in [0.1, 0.15) is 5.75 Å². The van der Waals surface area contributed by atoms with Gasteiger partial charge in [0.15, 0.2) is 11.2 Å². The van der Waals surface area contributed by atoms with Crippen LogP contribution in [0.4, 0.5) is 5.13 Å². The number of carbonyl (C=O) groups is 1.